The molecule has 0 aromatic heterocycles. The lowest BCUT2D eigenvalue weighted by Crippen LogP contribution is -2.40. The summed E-state index contributed by atoms with van der Waals surface area (Å²) in [4.78, 5) is 0. The van der Waals surface area contributed by atoms with Crippen molar-refractivity contribution in [1.29, 1.82) is 0 Å². The van der Waals surface area contributed by atoms with Crippen molar-refractivity contribution in [1.82, 2.24) is 0 Å². The first-order valence-electron chi connectivity index (χ1n) is 6.96. The van der Waals surface area contributed by atoms with Gasteiger partial charge in [-0.2, -0.15) is 0 Å². The van der Waals surface area contributed by atoms with Crippen LogP contribution in [0, 0.1) is 23.2 Å². The average molecular weight is 208 g/mol. The highest BCUT2D eigenvalue weighted by Gasteiger charge is 2.54. The van der Waals surface area contributed by atoms with Crippen LogP contribution in [-0.4, -0.2) is 11.7 Å². The van der Waals surface area contributed by atoms with Crippen LogP contribution in [0.15, 0.2) is 0 Å². The van der Waals surface area contributed by atoms with Crippen molar-refractivity contribution < 1.29 is 5.11 Å². The van der Waals surface area contributed by atoms with E-state index in [4.69, 9.17) is 0 Å². The van der Waals surface area contributed by atoms with Crippen LogP contribution in [0.1, 0.15) is 57.8 Å². The SMILES string of the molecule is OCC1(C2CCCCC2)CC2CCC1C2. The third kappa shape index (κ3) is 1.46. The van der Waals surface area contributed by atoms with Crippen molar-refractivity contribution in [2.75, 3.05) is 6.61 Å². The molecule has 3 rings (SSSR count). The van der Waals surface area contributed by atoms with Crippen LogP contribution in [0.25, 0.3) is 0 Å². The lowest BCUT2D eigenvalue weighted by molar-refractivity contribution is -0.00933. The van der Waals surface area contributed by atoms with Gasteiger partial charge in [0, 0.05) is 6.61 Å². The second kappa shape index (κ2) is 3.76. The van der Waals surface area contributed by atoms with Crippen molar-refractivity contribution >= 4 is 0 Å². The number of aliphatic hydroxyl groups excluding tert-OH is 1. The molecule has 1 nitrogen and oxygen atoms in total. The highest BCUT2D eigenvalue weighted by molar-refractivity contribution is 5.03. The predicted octanol–water partition coefficient (Wildman–Crippen LogP) is 3.37. The van der Waals surface area contributed by atoms with Gasteiger partial charge in [-0.05, 0) is 55.3 Å². The fourth-order valence-corrected chi connectivity index (χ4v) is 4.99. The molecule has 3 saturated carbocycles. The molecular weight excluding hydrogens is 184 g/mol. The van der Waals surface area contributed by atoms with Crippen LogP contribution >= 0.6 is 0 Å². The fourth-order valence-electron chi connectivity index (χ4n) is 4.99. The van der Waals surface area contributed by atoms with Gasteiger partial charge in [0.05, 0.1) is 0 Å². The third-order valence-electron chi connectivity index (χ3n) is 5.74. The molecule has 0 amide bonds. The summed E-state index contributed by atoms with van der Waals surface area (Å²) in [7, 11) is 0. The van der Waals surface area contributed by atoms with Crippen LogP contribution in [-0.2, 0) is 0 Å². The molecule has 0 spiro atoms. The van der Waals surface area contributed by atoms with E-state index in [0.717, 1.165) is 17.8 Å². The zero-order valence-electron chi connectivity index (χ0n) is 9.75. The molecule has 0 heterocycles. The average Bonchev–Trinajstić information content (AvgIpc) is 2.90. The Morgan fingerprint density at radius 1 is 0.933 bits per heavy atom. The summed E-state index contributed by atoms with van der Waals surface area (Å²) in [6.45, 7) is 0.485. The Morgan fingerprint density at radius 3 is 2.27 bits per heavy atom. The minimum atomic E-state index is 0.378. The summed E-state index contributed by atoms with van der Waals surface area (Å²) < 4.78 is 0. The van der Waals surface area contributed by atoms with Crippen LogP contribution in [0.4, 0.5) is 0 Å². The Morgan fingerprint density at radius 2 is 1.73 bits per heavy atom. The summed E-state index contributed by atoms with van der Waals surface area (Å²) in [5, 5.41) is 9.89. The first-order valence-corrected chi connectivity index (χ1v) is 6.96. The van der Waals surface area contributed by atoms with Gasteiger partial charge < -0.3 is 5.11 Å². The van der Waals surface area contributed by atoms with Gasteiger partial charge in [0.1, 0.15) is 0 Å². The highest BCUT2D eigenvalue weighted by atomic mass is 16.3. The molecule has 0 aliphatic heterocycles. The summed E-state index contributed by atoms with van der Waals surface area (Å²) in [5.41, 5.74) is 0.378. The largest absolute Gasteiger partial charge is 0.396 e. The zero-order chi connectivity index (χ0) is 10.3. The van der Waals surface area contributed by atoms with Crippen LogP contribution in [0.3, 0.4) is 0 Å². The Labute approximate surface area is 93.3 Å². The van der Waals surface area contributed by atoms with Gasteiger partial charge >= 0.3 is 0 Å². The molecule has 3 fully saturated rings. The minimum absolute atomic E-state index is 0.378. The summed E-state index contributed by atoms with van der Waals surface area (Å²) in [5.74, 6) is 2.73. The lowest BCUT2D eigenvalue weighted by atomic mass is 9.61. The molecule has 0 saturated heterocycles. The van der Waals surface area contributed by atoms with E-state index in [0.29, 0.717) is 12.0 Å². The maximum Gasteiger partial charge on any atom is 0.0492 e. The highest BCUT2D eigenvalue weighted by Crippen LogP contribution is 2.61. The Hall–Kier alpha value is -0.0400. The van der Waals surface area contributed by atoms with E-state index in [2.05, 4.69) is 0 Å². The molecule has 1 N–H and O–H groups in total. The molecule has 3 aliphatic rings. The zero-order valence-corrected chi connectivity index (χ0v) is 9.75. The Balaban J connectivity index is 1.79. The van der Waals surface area contributed by atoms with E-state index in [1.54, 1.807) is 0 Å². The number of aliphatic hydroxyl groups is 1. The van der Waals surface area contributed by atoms with Gasteiger partial charge in [-0.15, -0.1) is 0 Å². The number of rotatable bonds is 2. The van der Waals surface area contributed by atoms with Gasteiger partial charge in [-0.25, -0.2) is 0 Å². The monoisotopic (exact) mass is 208 g/mol. The van der Waals surface area contributed by atoms with Gasteiger partial charge in [0.25, 0.3) is 0 Å². The molecule has 3 aliphatic carbocycles. The quantitative estimate of drug-likeness (QED) is 0.737. The topological polar surface area (TPSA) is 20.2 Å². The standard InChI is InChI=1S/C14H24O/c15-10-14(12-4-2-1-3-5-12)9-11-6-7-13(14)8-11/h11-13,15H,1-10H2. The summed E-state index contributed by atoms with van der Waals surface area (Å²) in [6, 6.07) is 0. The molecule has 3 unspecified atom stereocenters. The first-order chi connectivity index (χ1) is 7.35. The molecule has 0 radical (unpaired) electrons. The van der Waals surface area contributed by atoms with E-state index in [1.807, 2.05) is 0 Å². The molecular formula is C14H24O. The summed E-state index contributed by atoms with van der Waals surface area (Å²) in [6.07, 6.45) is 12.8. The van der Waals surface area contributed by atoms with Crippen LogP contribution in [0.2, 0.25) is 0 Å². The Bertz CT molecular complexity index is 231. The minimum Gasteiger partial charge on any atom is -0.396 e. The molecule has 3 atom stereocenters. The van der Waals surface area contributed by atoms with Gasteiger partial charge in [0.2, 0.25) is 0 Å². The van der Waals surface area contributed by atoms with Crippen molar-refractivity contribution in [2.24, 2.45) is 23.2 Å². The van der Waals surface area contributed by atoms with Gasteiger partial charge in [-0.3, -0.25) is 0 Å². The van der Waals surface area contributed by atoms with E-state index in [-0.39, 0.29) is 0 Å². The lowest BCUT2D eigenvalue weighted by Gasteiger charge is -2.44. The van der Waals surface area contributed by atoms with E-state index >= 15 is 0 Å². The molecule has 0 aromatic carbocycles. The normalized spacial score (nSPS) is 46.2. The van der Waals surface area contributed by atoms with Crippen molar-refractivity contribution in [3.8, 4) is 0 Å². The molecule has 1 heteroatoms. The van der Waals surface area contributed by atoms with E-state index in [9.17, 15) is 5.11 Å². The van der Waals surface area contributed by atoms with Crippen LogP contribution < -0.4 is 0 Å². The molecule has 2 bridgehead atoms. The van der Waals surface area contributed by atoms with Crippen molar-refractivity contribution in [3.63, 3.8) is 0 Å². The van der Waals surface area contributed by atoms with Gasteiger partial charge in [-0.1, -0.05) is 25.7 Å². The molecule has 86 valence electrons. The molecule has 15 heavy (non-hydrogen) atoms. The predicted molar refractivity (Wildman–Crippen MR) is 61.5 cm³/mol. The van der Waals surface area contributed by atoms with Crippen molar-refractivity contribution in [3.05, 3.63) is 0 Å². The second-order valence-corrected chi connectivity index (χ2v) is 6.31. The fraction of sp³-hybridized carbons (Fsp3) is 1.00. The number of hydrogen-bond donors (Lipinski definition) is 1. The second-order valence-electron chi connectivity index (χ2n) is 6.31. The number of hydrogen-bond acceptors (Lipinski definition) is 1. The van der Waals surface area contributed by atoms with Crippen LogP contribution in [0.5, 0.6) is 0 Å². The van der Waals surface area contributed by atoms with Gasteiger partial charge in [0.15, 0.2) is 0 Å². The first kappa shape index (κ1) is 10.1. The maximum atomic E-state index is 9.89. The van der Waals surface area contributed by atoms with Crippen molar-refractivity contribution in [2.45, 2.75) is 57.8 Å². The maximum absolute atomic E-state index is 9.89. The third-order valence-corrected chi connectivity index (χ3v) is 5.74. The number of fused-ring (bicyclic) bond motifs is 2. The van der Waals surface area contributed by atoms with E-state index < -0.39 is 0 Å². The Kier molecular flexibility index (Phi) is 2.54. The summed E-state index contributed by atoms with van der Waals surface area (Å²) >= 11 is 0. The molecule has 0 aromatic rings. The smallest absolute Gasteiger partial charge is 0.0492 e. The van der Waals surface area contributed by atoms with E-state index in [1.165, 1.54) is 57.8 Å².